The first-order valence-electron chi connectivity index (χ1n) is 9.88. The van der Waals surface area contributed by atoms with Crippen LogP contribution in [0.2, 0.25) is 0 Å². The summed E-state index contributed by atoms with van der Waals surface area (Å²) in [7, 11) is 0.0143. The minimum absolute atomic E-state index is 0.404. The van der Waals surface area contributed by atoms with Gasteiger partial charge in [-0.2, -0.15) is 5.10 Å². The van der Waals surface area contributed by atoms with Gasteiger partial charge in [0.2, 0.25) is 10.0 Å². The lowest BCUT2D eigenvalue weighted by atomic mass is 10.1. The van der Waals surface area contributed by atoms with Gasteiger partial charge in [-0.3, -0.25) is 13.8 Å². The second kappa shape index (κ2) is 7.38. The summed E-state index contributed by atoms with van der Waals surface area (Å²) >= 11 is 0. The van der Waals surface area contributed by atoms with Gasteiger partial charge in [0.1, 0.15) is 5.75 Å². The lowest BCUT2D eigenvalue weighted by Gasteiger charge is -2.12. The highest BCUT2D eigenvalue weighted by atomic mass is 32.2. The quantitative estimate of drug-likeness (QED) is 0.441. The van der Waals surface area contributed by atoms with Crippen molar-refractivity contribution in [2.45, 2.75) is 0 Å². The van der Waals surface area contributed by atoms with Crippen LogP contribution in [0.5, 0.6) is 5.75 Å². The van der Waals surface area contributed by atoms with Crippen molar-refractivity contribution in [2.24, 2.45) is 7.05 Å². The Hall–Kier alpha value is -3.85. The number of hydrogen-bond acceptors (Lipinski definition) is 5. The van der Waals surface area contributed by atoms with E-state index in [0.717, 1.165) is 39.5 Å². The van der Waals surface area contributed by atoms with E-state index in [2.05, 4.69) is 14.8 Å². The fourth-order valence-electron chi connectivity index (χ4n) is 3.86. The van der Waals surface area contributed by atoms with Gasteiger partial charge < -0.3 is 4.74 Å². The summed E-state index contributed by atoms with van der Waals surface area (Å²) in [4.78, 5) is 4.52. The van der Waals surface area contributed by atoms with Gasteiger partial charge >= 0.3 is 0 Å². The molecule has 0 atom stereocenters. The highest BCUT2D eigenvalue weighted by Gasteiger charge is 2.16. The Morgan fingerprint density at radius 1 is 1.00 bits per heavy atom. The number of nitrogens with one attached hydrogen (secondary N) is 1. The number of fused-ring (bicyclic) bond motifs is 2. The van der Waals surface area contributed by atoms with E-state index in [9.17, 15) is 8.42 Å². The average Bonchev–Trinajstić information content (AvgIpc) is 3.36. The summed E-state index contributed by atoms with van der Waals surface area (Å²) in [5.41, 5.74) is 5.46. The lowest BCUT2D eigenvalue weighted by Crippen LogP contribution is -2.11. The molecular formula is C23H21N5O3S. The Kier molecular flexibility index (Phi) is 4.63. The monoisotopic (exact) mass is 447 g/mol. The van der Waals surface area contributed by atoms with Gasteiger partial charge in [0, 0.05) is 29.8 Å². The molecule has 162 valence electrons. The van der Waals surface area contributed by atoms with Crippen molar-refractivity contribution in [3.05, 3.63) is 67.1 Å². The molecular weight excluding hydrogens is 426 g/mol. The van der Waals surface area contributed by atoms with E-state index in [1.165, 1.54) is 0 Å². The standard InChI is InChI=1S/C23H21N5O3S/c1-27-21-8-7-16(9-17(21)12-25-27)22-13-24-23-20(26-32(3,29)30)11-18(14-28(22)23)15-5-4-6-19(10-15)31-2/h4-14,26H,1-3H3. The van der Waals surface area contributed by atoms with Crippen molar-refractivity contribution in [3.63, 3.8) is 0 Å². The van der Waals surface area contributed by atoms with Crippen LogP contribution < -0.4 is 9.46 Å². The third-order valence-electron chi connectivity index (χ3n) is 5.35. The van der Waals surface area contributed by atoms with Crippen molar-refractivity contribution < 1.29 is 13.2 Å². The molecule has 5 aromatic rings. The van der Waals surface area contributed by atoms with E-state index in [-0.39, 0.29) is 0 Å². The van der Waals surface area contributed by atoms with Crippen molar-refractivity contribution in [1.82, 2.24) is 19.2 Å². The molecule has 0 bridgehead atoms. The Labute approximate surface area is 185 Å². The molecule has 3 aromatic heterocycles. The van der Waals surface area contributed by atoms with Gasteiger partial charge in [-0.15, -0.1) is 0 Å². The number of sulfonamides is 1. The van der Waals surface area contributed by atoms with Crippen LogP contribution in [0.1, 0.15) is 0 Å². The van der Waals surface area contributed by atoms with Crippen LogP contribution in [0.4, 0.5) is 5.69 Å². The van der Waals surface area contributed by atoms with E-state index >= 15 is 0 Å². The number of benzene rings is 2. The summed E-state index contributed by atoms with van der Waals surface area (Å²) in [5.74, 6) is 0.716. The number of hydrogen-bond donors (Lipinski definition) is 1. The van der Waals surface area contributed by atoms with Crippen LogP contribution in [-0.4, -0.2) is 40.9 Å². The SMILES string of the molecule is COc1cccc(-c2cc(NS(C)(=O)=O)c3ncc(-c4ccc5c(cnn5C)c4)n3c2)c1. The molecule has 0 aliphatic heterocycles. The average molecular weight is 448 g/mol. The Morgan fingerprint density at radius 2 is 1.84 bits per heavy atom. The molecule has 3 heterocycles. The summed E-state index contributed by atoms with van der Waals surface area (Å²) in [6.45, 7) is 0. The minimum atomic E-state index is -3.50. The molecule has 32 heavy (non-hydrogen) atoms. The number of imidazole rings is 1. The largest absolute Gasteiger partial charge is 0.497 e. The third-order valence-corrected chi connectivity index (χ3v) is 5.94. The van der Waals surface area contributed by atoms with Crippen molar-refractivity contribution in [2.75, 3.05) is 18.1 Å². The number of aryl methyl sites for hydroxylation is 1. The maximum Gasteiger partial charge on any atom is 0.229 e. The normalized spacial score (nSPS) is 11.8. The van der Waals surface area contributed by atoms with E-state index in [0.29, 0.717) is 17.1 Å². The van der Waals surface area contributed by atoms with E-state index in [1.54, 1.807) is 19.4 Å². The number of pyridine rings is 1. The number of aromatic nitrogens is 4. The first kappa shape index (κ1) is 20.1. The predicted octanol–water partition coefficient (Wildman–Crippen LogP) is 3.94. The Balaban J connectivity index is 1.75. The maximum atomic E-state index is 12.0. The number of rotatable bonds is 5. The summed E-state index contributed by atoms with van der Waals surface area (Å²) < 4.78 is 35.8. The van der Waals surface area contributed by atoms with Crippen LogP contribution >= 0.6 is 0 Å². The van der Waals surface area contributed by atoms with Crippen molar-refractivity contribution in [1.29, 1.82) is 0 Å². The Morgan fingerprint density at radius 3 is 2.62 bits per heavy atom. The zero-order valence-corrected chi connectivity index (χ0v) is 18.6. The highest BCUT2D eigenvalue weighted by Crippen LogP contribution is 2.32. The van der Waals surface area contributed by atoms with Crippen LogP contribution in [-0.2, 0) is 17.1 Å². The van der Waals surface area contributed by atoms with Gasteiger partial charge in [-0.25, -0.2) is 13.4 Å². The fraction of sp³-hybridized carbons (Fsp3) is 0.130. The number of methoxy groups -OCH3 is 1. The molecule has 9 heteroatoms. The summed E-state index contributed by atoms with van der Waals surface area (Å²) in [6, 6.07) is 15.5. The molecule has 0 amide bonds. The molecule has 0 saturated carbocycles. The lowest BCUT2D eigenvalue weighted by molar-refractivity contribution is 0.415. The van der Waals surface area contributed by atoms with Crippen molar-refractivity contribution >= 4 is 32.3 Å². The molecule has 0 saturated heterocycles. The van der Waals surface area contributed by atoms with Crippen LogP contribution in [0, 0.1) is 0 Å². The van der Waals surface area contributed by atoms with E-state index in [1.807, 2.05) is 71.0 Å². The minimum Gasteiger partial charge on any atom is -0.497 e. The van der Waals surface area contributed by atoms with Crippen molar-refractivity contribution in [3.8, 4) is 28.1 Å². The molecule has 0 radical (unpaired) electrons. The van der Waals surface area contributed by atoms with E-state index in [4.69, 9.17) is 4.74 Å². The molecule has 5 rings (SSSR count). The van der Waals surface area contributed by atoms with E-state index < -0.39 is 10.0 Å². The topological polar surface area (TPSA) is 90.5 Å². The van der Waals surface area contributed by atoms with Gasteiger partial charge in [0.15, 0.2) is 5.65 Å². The Bertz CT molecular complexity index is 1580. The van der Waals surface area contributed by atoms with Crippen LogP contribution in [0.3, 0.4) is 0 Å². The first-order chi connectivity index (χ1) is 15.3. The number of nitrogens with zero attached hydrogens (tertiary/aromatic N) is 4. The summed E-state index contributed by atoms with van der Waals surface area (Å²) in [6.07, 6.45) is 6.64. The van der Waals surface area contributed by atoms with Gasteiger partial charge in [-0.05, 0) is 35.9 Å². The zero-order valence-electron chi connectivity index (χ0n) is 17.8. The maximum absolute atomic E-state index is 12.0. The number of anilines is 1. The summed E-state index contributed by atoms with van der Waals surface area (Å²) in [5, 5.41) is 5.32. The smallest absolute Gasteiger partial charge is 0.229 e. The molecule has 0 aliphatic rings. The zero-order chi connectivity index (χ0) is 22.5. The number of ether oxygens (including phenoxy) is 1. The predicted molar refractivity (Wildman–Crippen MR) is 125 cm³/mol. The first-order valence-corrected chi connectivity index (χ1v) is 11.8. The van der Waals surface area contributed by atoms with Crippen LogP contribution in [0.25, 0.3) is 38.9 Å². The molecule has 0 aliphatic carbocycles. The second-order valence-corrected chi connectivity index (χ2v) is 9.38. The third kappa shape index (κ3) is 3.56. The van der Waals surface area contributed by atoms with Gasteiger partial charge in [-0.1, -0.05) is 18.2 Å². The van der Waals surface area contributed by atoms with Gasteiger partial charge in [0.25, 0.3) is 0 Å². The fourth-order valence-corrected chi connectivity index (χ4v) is 4.41. The van der Waals surface area contributed by atoms with Gasteiger partial charge in [0.05, 0.1) is 42.7 Å². The molecule has 0 fully saturated rings. The molecule has 1 N–H and O–H groups in total. The molecule has 0 unspecified atom stereocenters. The molecule has 2 aromatic carbocycles. The molecule has 0 spiro atoms. The van der Waals surface area contributed by atoms with Crippen LogP contribution in [0.15, 0.2) is 67.1 Å². The highest BCUT2D eigenvalue weighted by molar-refractivity contribution is 7.92. The second-order valence-electron chi connectivity index (χ2n) is 7.63. The molecule has 8 nitrogen and oxygen atoms in total.